The average Bonchev–Trinajstić information content (AvgIpc) is 1.64. The first kappa shape index (κ1) is 2.28. The highest BCUT2D eigenvalue weighted by Gasteiger charge is 1.90. The maximum absolute atomic E-state index is 10.2. The Balaban J connectivity index is 4.57. The Morgan fingerprint density at radius 1 is 1.83 bits per heavy atom. The lowest BCUT2D eigenvalue weighted by Crippen LogP contribution is -1.95. The molecule has 0 aromatic carbocycles. The summed E-state index contributed by atoms with van der Waals surface area (Å²) in [5, 5.41) is 0. The molecule has 0 aromatic rings. The van der Waals surface area contributed by atoms with Crippen molar-refractivity contribution in [1.82, 2.24) is 0 Å². The largest absolute Gasteiger partial charge is 0.274 e. The first-order valence-corrected chi connectivity index (χ1v) is 2.52. The van der Waals surface area contributed by atoms with Gasteiger partial charge in [-0.25, -0.2) is 0 Å². The maximum Gasteiger partial charge on any atom is 0.264 e. The first-order valence-electron chi connectivity index (χ1n) is 2.61. The van der Waals surface area contributed by atoms with Crippen LogP contribution in [0.5, 0.6) is 0 Å². The molecule has 3 nitrogen and oxygen atoms in total. The van der Waals surface area contributed by atoms with Crippen LogP contribution >= 0.6 is 0 Å². The lowest BCUT2D eigenvalue weighted by Gasteiger charge is -1.84. The van der Waals surface area contributed by atoms with Crippen molar-refractivity contribution in [3.63, 3.8) is 0 Å². The Kier molecular flexibility index (Phi) is 0.597. The second-order valence-electron chi connectivity index (χ2n) is 0.621. The fourth-order valence-electron chi connectivity index (χ4n) is 0. The van der Waals surface area contributed by atoms with Gasteiger partial charge in [-0.1, -0.05) is 0 Å². The van der Waals surface area contributed by atoms with E-state index in [-0.39, 0.29) is 0 Å². The summed E-state index contributed by atoms with van der Waals surface area (Å²) in [6.07, 6.45) is -3.05. The van der Waals surface area contributed by atoms with Gasteiger partial charge in [0.25, 0.3) is 10.1 Å². The second kappa shape index (κ2) is 1.57. The number of hydrogen-bond donors (Lipinski definition) is 0. The molecule has 38 valence electrons. The van der Waals surface area contributed by atoms with Gasteiger partial charge in [-0.15, -0.1) is 0 Å². The van der Waals surface area contributed by atoms with E-state index in [0.717, 1.165) is 7.11 Å². The van der Waals surface area contributed by atoms with Crippen molar-refractivity contribution in [1.29, 1.82) is 0 Å². The molecule has 0 spiro atoms. The Morgan fingerprint density at radius 3 is 2.33 bits per heavy atom. The van der Waals surface area contributed by atoms with E-state index in [1.165, 1.54) is 0 Å². The molecule has 0 atom stereocenters. The predicted octanol–water partition coefficient (Wildman–Crippen LogP) is -0.408. The van der Waals surface area contributed by atoms with Crippen molar-refractivity contribution in [3.8, 4) is 0 Å². The molecular formula is C2H6O3S. The Hall–Kier alpha value is -0.0900. The smallest absolute Gasteiger partial charge is 0.264 e. The Bertz CT molecular complexity index is 178. The van der Waals surface area contributed by atoms with E-state index in [4.69, 9.17) is 4.11 Å². The highest BCUT2D eigenvalue weighted by Crippen LogP contribution is 1.75. The van der Waals surface area contributed by atoms with Crippen LogP contribution in [0.4, 0.5) is 0 Å². The summed E-state index contributed by atoms with van der Waals surface area (Å²) in [5.74, 6) is 0. The van der Waals surface area contributed by atoms with Gasteiger partial charge < -0.3 is 0 Å². The fourth-order valence-corrected chi connectivity index (χ4v) is 0. The fraction of sp³-hybridized carbons (Fsp3) is 1.00. The molecule has 0 aliphatic rings. The maximum atomic E-state index is 10.2. The highest BCUT2D eigenvalue weighted by molar-refractivity contribution is 7.85. The molecule has 0 fully saturated rings. The molecule has 0 saturated heterocycles. The van der Waals surface area contributed by atoms with Crippen LogP contribution in [0.15, 0.2) is 0 Å². The van der Waals surface area contributed by atoms with E-state index in [0.29, 0.717) is 0 Å². The normalized spacial score (nSPS) is 21.2. The summed E-state index contributed by atoms with van der Waals surface area (Å²) in [6.45, 7) is 0. The van der Waals surface area contributed by atoms with Crippen LogP contribution in [0.3, 0.4) is 0 Å². The van der Waals surface area contributed by atoms with Crippen LogP contribution in [-0.4, -0.2) is 21.7 Å². The topological polar surface area (TPSA) is 43.4 Å². The molecule has 0 aromatic heterocycles. The van der Waals surface area contributed by atoms with E-state index in [9.17, 15) is 8.42 Å². The van der Waals surface area contributed by atoms with Crippen molar-refractivity contribution < 1.29 is 16.7 Å². The number of rotatable bonds is 1. The molecule has 0 heterocycles. The average molecular weight is 113 g/mol. The summed E-state index contributed by atoms with van der Waals surface area (Å²) in [5.41, 5.74) is 0. The molecule has 0 rings (SSSR count). The van der Waals surface area contributed by atoms with Crippen LogP contribution in [-0.2, 0) is 14.3 Å². The van der Waals surface area contributed by atoms with Crippen LogP contribution in [0, 0.1) is 0 Å². The molecular weight excluding hydrogens is 104 g/mol. The van der Waals surface area contributed by atoms with Gasteiger partial charge in [-0.05, 0) is 0 Å². The van der Waals surface area contributed by atoms with E-state index in [2.05, 4.69) is 4.18 Å². The van der Waals surface area contributed by atoms with Crippen LogP contribution in [0.1, 0.15) is 4.11 Å². The molecule has 0 aliphatic carbocycles. The van der Waals surface area contributed by atoms with Gasteiger partial charge >= 0.3 is 0 Å². The highest BCUT2D eigenvalue weighted by atomic mass is 32.2. The van der Waals surface area contributed by atoms with Crippen molar-refractivity contribution >= 4 is 10.1 Å². The summed E-state index contributed by atoms with van der Waals surface area (Å²) in [6, 6.07) is 0. The Morgan fingerprint density at radius 2 is 2.33 bits per heavy atom. The third-order valence-electron chi connectivity index (χ3n) is 0.219. The summed E-state index contributed by atoms with van der Waals surface area (Å²) < 4.78 is 43.2. The van der Waals surface area contributed by atoms with Crippen LogP contribution < -0.4 is 0 Å². The Labute approximate surface area is 41.3 Å². The van der Waals surface area contributed by atoms with Gasteiger partial charge in [0.2, 0.25) is 0 Å². The lowest BCUT2D eigenvalue weighted by molar-refractivity contribution is 0.403. The minimum absolute atomic E-state index is 0.807. The molecule has 0 aliphatic heterocycles. The SMILES string of the molecule is [2H]C([2H])([2H])S(=O)(=O)OC. The van der Waals surface area contributed by atoms with Crippen molar-refractivity contribution in [3.05, 3.63) is 0 Å². The van der Waals surface area contributed by atoms with Crippen LogP contribution in [0.2, 0.25) is 0 Å². The zero-order valence-corrected chi connectivity index (χ0v) is 3.95. The lowest BCUT2D eigenvalue weighted by atomic mass is 11.8. The molecule has 0 saturated carbocycles. The molecule has 0 bridgehead atoms. The first-order chi connectivity index (χ1) is 3.81. The van der Waals surface area contributed by atoms with Gasteiger partial charge in [-0.3, -0.25) is 4.18 Å². The van der Waals surface area contributed by atoms with E-state index >= 15 is 0 Å². The standard InChI is InChI=1S/C2H6O3S/c1-5-6(2,3)4/h1-2H3/i2D3. The summed E-state index contributed by atoms with van der Waals surface area (Å²) in [7, 11) is -3.53. The number of hydrogen-bond acceptors (Lipinski definition) is 3. The summed E-state index contributed by atoms with van der Waals surface area (Å²) in [4.78, 5) is 0. The van der Waals surface area contributed by atoms with Gasteiger partial charge in [0, 0.05) is 4.11 Å². The van der Waals surface area contributed by atoms with Crippen molar-refractivity contribution in [2.45, 2.75) is 0 Å². The minimum Gasteiger partial charge on any atom is -0.274 e. The molecule has 4 heteroatoms. The van der Waals surface area contributed by atoms with Gasteiger partial charge in [-0.2, -0.15) is 8.42 Å². The summed E-state index contributed by atoms with van der Waals surface area (Å²) >= 11 is 0. The quantitative estimate of drug-likeness (QED) is 0.434. The second-order valence-corrected chi connectivity index (χ2v) is 1.86. The molecule has 0 amide bonds. The minimum atomic E-state index is -4.34. The monoisotopic (exact) mass is 113 g/mol. The molecule has 0 unspecified atom stereocenters. The van der Waals surface area contributed by atoms with Crippen molar-refractivity contribution in [2.24, 2.45) is 0 Å². The van der Waals surface area contributed by atoms with Crippen LogP contribution in [0.25, 0.3) is 0 Å². The third-order valence-corrected chi connectivity index (χ3v) is 0.658. The predicted molar refractivity (Wildman–Crippen MR) is 21.9 cm³/mol. The van der Waals surface area contributed by atoms with Gasteiger partial charge in [0.05, 0.1) is 13.3 Å². The van der Waals surface area contributed by atoms with E-state index in [1.54, 1.807) is 0 Å². The van der Waals surface area contributed by atoms with Crippen molar-refractivity contribution in [2.75, 3.05) is 13.3 Å². The molecule has 0 radical (unpaired) electrons. The van der Waals surface area contributed by atoms with Gasteiger partial charge in [0.15, 0.2) is 0 Å². The zero-order valence-electron chi connectivity index (χ0n) is 6.13. The zero-order chi connectivity index (χ0) is 7.71. The molecule has 0 N–H and O–H groups in total. The third kappa shape index (κ3) is 3.91. The van der Waals surface area contributed by atoms with Gasteiger partial charge in [0.1, 0.15) is 0 Å². The molecule has 6 heavy (non-hydrogen) atoms. The van der Waals surface area contributed by atoms with E-state index in [1.807, 2.05) is 0 Å². The van der Waals surface area contributed by atoms with E-state index < -0.39 is 16.3 Å².